The van der Waals surface area contributed by atoms with Gasteiger partial charge in [-0.15, -0.1) is 0 Å². The minimum atomic E-state index is -4.65. The lowest BCUT2D eigenvalue weighted by Gasteiger charge is -2.22. The maximum Gasteiger partial charge on any atom is 0.425 e. The Morgan fingerprint density at radius 2 is 1.83 bits per heavy atom. The summed E-state index contributed by atoms with van der Waals surface area (Å²) >= 11 is 0. The van der Waals surface area contributed by atoms with Crippen molar-refractivity contribution in [2.75, 3.05) is 13.4 Å². The Kier molecular flexibility index (Phi) is 5.72. The van der Waals surface area contributed by atoms with Gasteiger partial charge in [0.2, 0.25) is 0 Å². The van der Waals surface area contributed by atoms with Gasteiger partial charge in [0, 0.05) is 18.4 Å². The summed E-state index contributed by atoms with van der Waals surface area (Å²) in [6, 6.07) is 8.59. The number of amides is 1. The molecule has 1 aliphatic rings. The highest BCUT2D eigenvalue weighted by atomic mass is 32.2. The molecule has 0 saturated heterocycles. The van der Waals surface area contributed by atoms with E-state index >= 15 is 0 Å². The number of sulfone groups is 1. The van der Waals surface area contributed by atoms with Crippen LogP contribution in [0.15, 0.2) is 41.3 Å². The first kappa shape index (κ1) is 21.9. The fraction of sp³-hybridized carbons (Fsp3) is 0.350. The van der Waals surface area contributed by atoms with E-state index in [1.807, 2.05) is 6.07 Å². The number of halogens is 3. The number of fused-ring (bicyclic) bond motifs is 1. The van der Waals surface area contributed by atoms with Crippen molar-refractivity contribution in [3.05, 3.63) is 53.1 Å². The number of hydrogen-bond donors (Lipinski definition) is 0. The van der Waals surface area contributed by atoms with E-state index in [-0.39, 0.29) is 29.3 Å². The van der Waals surface area contributed by atoms with Crippen LogP contribution < -0.4 is 9.47 Å². The molecule has 0 spiro atoms. The van der Waals surface area contributed by atoms with E-state index in [1.54, 1.807) is 12.1 Å². The van der Waals surface area contributed by atoms with Gasteiger partial charge in [-0.3, -0.25) is 4.79 Å². The van der Waals surface area contributed by atoms with Crippen LogP contribution in [-0.2, 0) is 22.9 Å². The molecule has 1 atom stereocenters. The number of methoxy groups -OCH3 is 1. The zero-order valence-electron chi connectivity index (χ0n) is 16.5. The summed E-state index contributed by atoms with van der Waals surface area (Å²) < 4.78 is 73.0. The molecule has 1 aliphatic heterocycles. The summed E-state index contributed by atoms with van der Waals surface area (Å²) in [4.78, 5) is 14.4. The van der Waals surface area contributed by atoms with Crippen molar-refractivity contribution in [2.45, 2.75) is 37.2 Å². The molecule has 162 valence electrons. The van der Waals surface area contributed by atoms with E-state index in [0.29, 0.717) is 5.75 Å². The summed E-state index contributed by atoms with van der Waals surface area (Å²) in [6.07, 6.45) is -5.87. The van der Waals surface area contributed by atoms with Crippen molar-refractivity contribution in [3.63, 3.8) is 0 Å². The lowest BCUT2D eigenvalue weighted by molar-refractivity contribution is -0.189. The van der Waals surface area contributed by atoms with Gasteiger partial charge in [0.05, 0.1) is 24.1 Å². The lowest BCUT2D eigenvalue weighted by atomic mass is 10.1. The van der Waals surface area contributed by atoms with E-state index in [9.17, 15) is 26.4 Å². The normalized spacial score (nSPS) is 14.9. The first-order valence-corrected chi connectivity index (χ1v) is 10.8. The van der Waals surface area contributed by atoms with Gasteiger partial charge in [0.25, 0.3) is 5.91 Å². The van der Waals surface area contributed by atoms with Crippen molar-refractivity contribution >= 4 is 15.7 Å². The molecule has 0 bridgehead atoms. The molecule has 0 saturated carbocycles. The number of carbonyl (C=O) groups is 1. The van der Waals surface area contributed by atoms with Crippen LogP contribution in [0, 0.1) is 0 Å². The largest absolute Gasteiger partial charge is 0.496 e. The molecule has 30 heavy (non-hydrogen) atoms. The number of hydrogen-bond acceptors (Lipinski definition) is 5. The van der Waals surface area contributed by atoms with E-state index in [4.69, 9.17) is 9.47 Å². The second-order valence-corrected chi connectivity index (χ2v) is 9.01. The van der Waals surface area contributed by atoms with E-state index in [2.05, 4.69) is 0 Å². The van der Waals surface area contributed by atoms with Gasteiger partial charge in [0.15, 0.2) is 15.9 Å². The van der Waals surface area contributed by atoms with Crippen LogP contribution in [0.4, 0.5) is 13.2 Å². The van der Waals surface area contributed by atoms with Crippen LogP contribution >= 0.6 is 0 Å². The predicted octanol–water partition coefficient (Wildman–Crippen LogP) is 3.58. The number of nitrogens with zero attached hydrogens (tertiary/aromatic N) is 1. The maximum atomic E-state index is 13.2. The minimum absolute atomic E-state index is 0.176. The highest BCUT2D eigenvalue weighted by Gasteiger charge is 2.39. The molecule has 1 amide bonds. The molecular formula is C20H20F3NO5S. The van der Waals surface area contributed by atoms with Crippen LogP contribution in [0.2, 0.25) is 0 Å². The highest BCUT2D eigenvalue weighted by molar-refractivity contribution is 7.90. The smallest absolute Gasteiger partial charge is 0.425 e. The lowest BCUT2D eigenvalue weighted by Crippen LogP contribution is -2.32. The fourth-order valence-electron chi connectivity index (χ4n) is 3.16. The first-order chi connectivity index (χ1) is 13.9. The standard InChI is InChI=1S/C20H20F3NO5S/c1-12(20(21,22)23)29-18-8-7-14(30(3,26)27)9-15(18)19(25)24-10-13-5-4-6-17(28-2)16(13)11-24/h4-9,12H,10-11H2,1-3H3/t12-/m0/s1. The third-order valence-corrected chi connectivity index (χ3v) is 5.93. The van der Waals surface area contributed by atoms with Crippen LogP contribution in [0.5, 0.6) is 11.5 Å². The Balaban J connectivity index is 1.99. The molecule has 3 rings (SSSR count). The highest BCUT2D eigenvalue weighted by Crippen LogP contribution is 2.34. The number of carbonyl (C=O) groups excluding carboxylic acids is 1. The molecule has 1 heterocycles. The summed E-state index contributed by atoms with van der Waals surface area (Å²) in [5, 5.41) is 0. The van der Waals surface area contributed by atoms with Crippen molar-refractivity contribution < 1.29 is 35.9 Å². The summed E-state index contributed by atoms with van der Waals surface area (Å²) in [6.45, 7) is 1.20. The predicted molar refractivity (Wildman–Crippen MR) is 102 cm³/mol. The third kappa shape index (κ3) is 4.38. The molecule has 6 nitrogen and oxygen atoms in total. The summed E-state index contributed by atoms with van der Waals surface area (Å²) in [5.41, 5.74) is 1.38. The average molecular weight is 443 g/mol. The van der Waals surface area contributed by atoms with E-state index in [0.717, 1.165) is 42.5 Å². The zero-order chi connectivity index (χ0) is 22.3. The van der Waals surface area contributed by atoms with Crippen molar-refractivity contribution in [1.82, 2.24) is 4.90 Å². The number of alkyl halides is 3. The molecular weight excluding hydrogens is 423 g/mol. The van der Waals surface area contributed by atoms with Gasteiger partial charge in [-0.1, -0.05) is 12.1 Å². The first-order valence-electron chi connectivity index (χ1n) is 8.93. The van der Waals surface area contributed by atoms with Gasteiger partial charge < -0.3 is 14.4 Å². The monoisotopic (exact) mass is 443 g/mol. The number of benzene rings is 2. The molecule has 0 aromatic heterocycles. The topological polar surface area (TPSA) is 72.9 Å². The minimum Gasteiger partial charge on any atom is -0.496 e. The Morgan fingerprint density at radius 1 is 1.13 bits per heavy atom. The van der Waals surface area contributed by atoms with Gasteiger partial charge in [0.1, 0.15) is 11.5 Å². The van der Waals surface area contributed by atoms with Crippen molar-refractivity contribution in [3.8, 4) is 11.5 Å². The molecule has 0 aliphatic carbocycles. The number of rotatable bonds is 5. The Hall–Kier alpha value is -2.75. The molecule has 0 fully saturated rings. The Bertz CT molecular complexity index is 1080. The maximum absolute atomic E-state index is 13.2. The Labute approximate surface area is 172 Å². The van der Waals surface area contributed by atoms with Gasteiger partial charge in [-0.25, -0.2) is 8.42 Å². The van der Waals surface area contributed by atoms with Crippen molar-refractivity contribution in [2.24, 2.45) is 0 Å². The molecule has 2 aromatic rings. The van der Waals surface area contributed by atoms with Gasteiger partial charge in [-0.2, -0.15) is 13.2 Å². The SMILES string of the molecule is COc1cccc2c1CN(C(=O)c1cc(S(C)(=O)=O)ccc1O[C@@H](C)C(F)(F)F)C2. The second-order valence-electron chi connectivity index (χ2n) is 6.99. The third-order valence-electron chi connectivity index (χ3n) is 4.82. The zero-order valence-corrected chi connectivity index (χ0v) is 17.3. The van der Waals surface area contributed by atoms with Crippen LogP contribution in [0.3, 0.4) is 0 Å². The van der Waals surface area contributed by atoms with Gasteiger partial charge in [-0.05, 0) is 36.8 Å². The van der Waals surface area contributed by atoms with E-state index < -0.39 is 28.0 Å². The van der Waals surface area contributed by atoms with E-state index in [1.165, 1.54) is 12.0 Å². The summed E-state index contributed by atoms with van der Waals surface area (Å²) in [7, 11) is -2.19. The van der Waals surface area contributed by atoms with Gasteiger partial charge >= 0.3 is 6.18 Å². The van der Waals surface area contributed by atoms with Crippen LogP contribution in [0.1, 0.15) is 28.4 Å². The molecule has 2 aromatic carbocycles. The molecule has 0 unspecified atom stereocenters. The molecule has 0 N–H and O–H groups in total. The summed E-state index contributed by atoms with van der Waals surface area (Å²) in [5.74, 6) is -0.377. The van der Waals surface area contributed by atoms with Crippen LogP contribution in [-0.4, -0.2) is 44.9 Å². The quantitative estimate of drug-likeness (QED) is 0.706. The molecule has 10 heteroatoms. The number of ether oxygens (including phenoxy) is 2. The second kappa shape index (κ2) is 7.82. The Morgan fingerprint density at radius 3 is 2.43 bits per heavy atom. The average Bonchev–Trinajstić information content (AvgIpc) is 3.10. The fourth-order valence-corrected chi connectivity index (χ4v) is 3.81. The molecule has 0 radical (unpaired) electrons. The van der Waals surface area contributed by atoms with Crippen molar-refractivity contribution in [1.29, 1.82) is 0 Å². The van der Waals surface area contributed by atoms with Crippen LogP contribution in [0.25, 0.3) is 0 Å².